The molecule has 0 bridgehead atoms. The quantitative estimate of drug-likeness (QED) is 0.684. The van der Waals surface area contributed by atoms with Crippen LogP contribution in [0.15, 0.2) is 71.9 Å². The summed E-state index contributed by atoms with van der Waals surface area (Å²) in [5.74, 6) is 0.956. The fraction of sp³-hybridized carbons (Fsp3) is 0.200. The molecule has 4 nitrogen and oxygen atoms in total. The van der Waals surface area contributed by atoms with Gasteiger partial charge in [-0.1, -0.05) is 36.4 Å². The minimum Gasteiger partial charge on any atom is -0.351 e. The lowest BCUT2D eigenvalue weighted by atomic mass is 10.1. The van der Waals surface area contributed by atoms with E-state index in [0.29, 0.717) is 6.54 Å². The van der Waals surface area contributed by atoms with Crippen molar-refractivity contribution in [2.45, 2.75) is 30.5 Å². The zero-order valence-electron chi connectivity index (χ0n) is 14.3. The second-order valence-corrected chi connectivity index (χ2v) is 7.18. The van der Waals surface area contributed by atoms with Crippen LogP contribution in [0.2, 0.25) is 0 Å². The van der Waals surface area contributed by atoms with Gasteiger partial charge in [0.05, 0.1) is 10.9 Å². The number of hydrogen-bond acceptors (Lipinski definition) is 3. The number of thioether (sulfide) groups is 1. The van der Waals surface area contributed by atoms with Crippen LogP contribution < -0.4 is 5.32 Å². The summed E-state index contributed by atoms with van der Waals surface area (Å²) in [7, 11) is 0. The van der Waals surface area contributed by atoms with Gasteiger partial charge in [0.25, 0.3) is 0 Å². The molecule has 5 heteroatoms. The predicted octanol–water partition coefficient (Wildman–Crippen LogP) is 3.98. The Morgan fingerprint density at radius 2 is 1.88 bits per heavy atom. The summed E-state index contributed by atoms with van der Waals surface area (Å²) in [4.78, 5) is 17.8. The Kier molecular flexibility index (Phi) is 5.56. The van der Waals surface area contributed by atoms with Gasteiger partial charge >= 0.3 is 0 Å². The number of aromatic nitrogens is 2. The minimum absolute atomic E-state index is 0.0333. The molecule has 0 saturated carbocycles. The second kappa shape index (κ2) is 8.03. The average molecular weight is 351 g/mol. The molecule has 0 aliphatic heterocycles. The molecule has 0 aliphatic carbocycles. The van der Waals surface area contributed by atoms with E-state index in [4.69, 9.17) is 0 Å². The zero-order chi connectivity index (χ0) is 17.6. The number of amides is 1. The maximum atomic E-state index is 12.4. The fourth-order valence-electron chi connectivity index (χ4n) is 2.61. The lowest BCUT2D eigenvalue weighted by Crippen LogP contribution is -2.30. The van der Waals surface area contributed by atoms with Crippen molar-refractivity contribution < 1.29 is 4.79 Å². The van der Waals surface area contributed by atoms with E-state index in [2.05, 4.69) is 10.3 Å². The zero-order valence-corrected chi connectivity index (χ0v) is 15.2. The number of para-hydroxylation sites is 1. The van der Waals surface area contributed by atoms with Crippen LogP contribution in [-0.2, 0) is 11.3 Å². The first-order chi connectivity index (χ1) is 12.1. The van der Waals surface area contributed by atoms with Crippen molar-refractivity contribution in [3.8, 4) is 5.69 Å². The van der Waals surface area contributed by atoms with Crippen molar-refractivity contribution in [3.05, 3.63) is 78.4 Å². The normalized spacial score (nSPS) is 11.9. The van der Waals surface area contributed by atoms with E-state index in [-0.39, 0.29) is 11.2 Å². The van der Waals surface area contributed by atoms with Crippen LogP contribution in [0.25, 0.3) is 5.69 Å². The number of nitrogens with one attached hydrogen (secondary N) is 1. The van der Waals surface area contributed by atoms with Crippen molar-refractivity contribution in [1.29, 1.82) is 0 Å². The molecule has 0 fully saturated rings. The molecule has 0 spiro atoms. The Hall–Kier alpha value is -2.53. The number of hydrogen-bond donors (Lipinski definition) is 1. The van der Waals surface area contributed by atoms with E-state index >= 15 is 0 Å². The monoisotopic (exact) mass is 351 g/mol. The molecule has 3 aromatic rings. The van der Waals surface area contributed by atoms with Crippen molar-refractivity contribution >= 4 is 17.7 Å². The van der Waals surface area contributed by atoms with Crippen LogP contribution in [0, 0.1) is 6.92 Å². The summed E-state index contributed by atoms with van der Waals surface area (Å²) >= 11 is 1.56. The van der Waals surface area contributed by atoms with E-state index < -0.39 is 0 Å². The standard InChI is InChI=1S/C20H21N3OS/c1-15(25-18-9-4-3-5-10-18)20(24)22-14-17-8-6-7-11-19(17)23-13-12-21-16(23)2/h3-13,15H,14H2,1-2H3,(H,22,24). The molecule has 1 atom stereocenters. The number of rotatable bonds is 6. The van der Waals surface area contributed by atoms with Crippen molar-refractivity contribution in [2.75, 3.05) is 0 Å². The highest BCUT2D eigenvalue weighted by molar-refractivity contribution is 8.00. The van der Waals surface area contributed by atoms with Gasteiger partial charge in [-0.15, -0.1) is 11.8 Å². The van der Waals surface area contributed by atoms with Crippen molar-refractivity contribution in [3.63, 3.8) is 0 Å². The molecule has 1 unspecified atom stereocenters. The molecule has 1 heterocycles. The number of aryl methyl sites for hydroxylation is 1. The molecule has 0 saturated heterocycles. The van der Waals surface area contributed by atoms with Gasteiger partial charge in [-0.2, -0.15) is 0 Å². The summed E-state index contributed by atoms with van der Waals surface area (Å²) in [6.07, 6.45) is 3.72. The van der Waals surface area contributed by atoms with Crippen molar-refractivity contribution in [1.82, 2.24) is 14.9 Å². The molecule has 3 rings (SSSR count). The van der Waals surface area contributed by atoms with Crippen LogP contribution in [0.3, 0.4) is 0 Å². The van der Waals surface area contributed by atoms with Crippen molar-refractivity contribution in [2.24, 2.45) is 0 Å². The van der Waals surface area contributed by atoms with E-state index in [1.54, 1.807) is 18.0 Å². The first-order valence-electron chi connectivity index (χ1n) is 8.23. The summed E-state index contributed by atoms with van der Waals surface area (Å²) in [5, 5.41) is 2.90. The molecular formula is C20H21N3OS. The lowest BCUT2D eigenvalue weighted by molar-refractivity contribution is -0.120. The molecule has 2 aromatic carbocycles. The van der Waals surface area contributed by atoms with E-state index in [1.807, 2.05) is 79.2 Å². The largest absolute Gasteiger partial charge is 0.351 e. The van der Waals surface area contributed by atoms with E-state index in [0.717, 1.165) is 22.0 Å². The molecule has 0 aliphatic rings. The Morgan fingerprint density at radius 3 is 2.60 bits per heavy atom. The molecule has 0 radical (unpaired) electrons. The Balaban J connectivity index is 1.66. The first kappa shape index (κ1) is 17.3. The van der Waals surface area contributed by atoms with Gasteiger partial charge in [0, 0.05) is 23.8 Å². The summed E-state index contributed by atoms with van der Waals surface area (Å²) in [5.41, 5.74) is 2.11. The third-order valence-corrected chi connectivity index (χ3v) is 5.07. The van der Waals surface area contributed by atoms with Gasteiger partial charge < -0.3 is 9.88 Å². The Bertz CT molecular complexity index is 845. The van der Waals surface area contributed by atoms with Crippen LogP contribution in [0.4, 0.5) is 0 Å². The second-order valence-electron chi connectivity index (χ2n) is 5.76. The SMILES string of the molecule is Cc1nccn1-c1ccccc1CNC(=O)C(C)Sc1ccccc1. The highest BCUT2D eigenvalue weighted by Crippen LogP contribution is 2.23. The van der Waals surface area contributed by atoms with Gasteiger partial charge in [0.2, 0.25) is 5.91 Å². The van der Waals surface area contributed by atoms with E-state index in [1.165, 1.54) is 0 Å². The summed E-state index contributed by atoms with van der Waals surface area (Å²) < 4.78 is 2.03. The average Bonchev–Trinajstić information content (AvgIpc) is 3.06. The number of nitrogens with zero attached hydrogens (tertiary/aromatic N) is 2. The Labute approximate surface area is 152 Å². The molecular weight excluding hydrogens is 330 g/mol. The molecule has 25 heavy (non-hydrogen) atoms. The molecule has 1 aromatic heterocycles. The van der Waals surface area contributed by atoms with E-state index in [9.17, 15) is 4.79 Å². The third kappa shape index (κ3) is 4.31. The smallest absolute Gasteiger partial charge is 0.233 e. The number of imidazole rings is 1. The van der Waals surface area contributed by atoms with Crippen LogP contribution in [-0.4, -0.2) is 20.7 Å². The summed E-state index contributed by atoms with van der Waals surface area (Å²) in [6.45, 7) is 4.39. The maximum absolute atomic E-state index is 12.4. The molecule has 1 N–H and O–H groups in total. The van der Waals surface area contributed by atoms with Gasteiger partial charge in [0.15, 0.2) is 0 Å². The minimum atomic E-state index is -0.149. The van der Waals surface area contributed by atoms with Crippen LogP contribution >= 0.6 is 11.8 Å². The molecule has 128 valence electrons. The summed E-state index contributed by atoms with van der Waals surface area (Å²) in [6, 6.07) is 18.0. The third-order valence-electron chi connectivity index (χ3n) is 3.96. The van der Waals surface area contributed by atoms with Gasteiger partial charge in [0.1, 0.15) is 5.82 Å². The van der Waals surface area contributed by atoms with Gasteiger partial charge in [-0.05, 0) is 37.6 Å². The van der Waals surface area contributed by atoms with Gasteiger partial charge in [-0.25, -0.2) is 4.98 Å². The van der Waals surface area contributed by atoms with Crippen LogP contribution in [0.5, 0.6) is 0 Å². The van der Waals surface area contributed by atoms with Gasteiger partial charge in [-0.3, -0.25) is 4.79 Å². The fourth-order valence-corrected chi connectivity index (χ4v) is 3.52. The highest BCUT2D eigenvalue weighted by atomic mass is 32.2. The van der Waals surface area contributed by atoms with Crippen LogP contribution in [0.1, 0.15) is 18.3 Å². The number of benzene rings is 2. The number of carbonyl (C=O) groups is 1. The predicted molar refractivity (Wildman–Crippen MR) is 102 cm³/mol. The maximum Gasteiger partial charge on any atom is 0.233 e. The first-order valence-corrected chi connectivity index (χ1v) is 9.11. The highest BCUT2D eigenvalue weighted by Gasteiger charge is 2.15. The lowest BCUT2D eigenvalue weighted by Gasteiger charge is -2.15. The topological polar surface area (TPSA) is 46.9 Å². The molecule has 1 amide bonds. The number of carbonyl (C=O) groups excluding carboxylic acids is 1. The Morgan fingerprint density at radius 1 is 1.16 bits per heavy atom.